The van der Waals surface area contributed by atoms with Gasteiger partial charge in [-0.1, -0.05) is 63.4 Å². The Hall–Kier alpha value is -1.11. The fourth-order valence-corrected chi connectivity index (χ4v) is 7.24. The van der Waals surface area contributed by atoms with Crippen LogP contribution in [0.2, 0.25) is 0 Å². The van der Waals surface area contributed by atoms with Crippen LogP contribution in [0.1, 0.15) is 57.4 Å². The molecule has 2 fully saturated rings. The number of halogens is 1. The maximum Gasteiger partial charge on any atom is 0.241 e. The minimum Gasteiger partial charge on any atom is -0.339 e. The van der Waals surface area contributed by atoms with Crippen LogP contribution in [0, 0.1) is 5.92 Å². The monoisotopic (exact) mass is 428 g/mol. The lowest BCUT2D eigenvalue weighted by molar-refractivity contribution is -0.130. The molecular weight excluding hydrogens is 396 g/mol. The highest BCUT2D eigenvalue weighted by atomic mass is 35.5. The van der Waals surface area contributed by atoms with Gasteiger partial charge in [-0.05, 0) is 24.3 Å². The average Bonchev–Trinajstić information content (AvgIpc) is 3.04. The number of hydrogen-bond donors (Lipinski definition) is 1. The molecule has 1 amide bonds. The lowest BCUT2D eigenvalue weighted by atomic mass is 9.95. The molecule has 2 aliphatic rings. The summed E-state index contributed by atoms with van der Waals surface area (Å²) in [6.07, 6.45) is 4.34. The Morgan fingerprint density at radius 1 is 1.07 bits per heavy atom. The maximum absolute atomic E-state index is 13.3. The van der Waals surface area contributed by atoms with Gasteiger partial charge in [-0.3, -0.25) is 4.79 Å². The minimum atomic E-state index is -3.49. The van der Waals surface area contributed by atoms with Crippen LogP contribution in [0.15, 0.2) is 30.3 Å². The highest BCUT2D eigenvalue weighted by Crippen LogP contribution is 2.32. The van der Waals surface area contributed by atoms with E-state index in [9.17, 15) is 13.2 Å². The van der Waals surface area contributed by atoms with Gasteiger partial charge in [0.15, 0.2) is 9.84 Å². The van der Waals surface area contributed by atoms with E-state index >= 15 is 0 Å². The second-order valence-corrected chi connectivity index (χ2v) is 10.8. The third-order valence-corrected chi connectivity index (χ3v) is 8.98. The largest absolute Gasteiger partial charge is 0.339 e. The van der Waals surface area contributed by atoms with Crippen LogP contribution < -0.4 is 5.73 Å². The van der Waals surface area contributed by atoms with Crippen LogP contribution in [0.3, 0.4) is 0 Å². The summed E-state index contributed by atoms with van der Waals surface area (Å²) in [7, 11) is -3.49. The van der Waals surface area contributed by atoms with Crippen molar-refractivity contribution in [2.45, 2.75) is 68.4 Å². The quantitative estimate of drug-likeness (QED) is 0.781. The molecule has 1 aromatic rings. The zero-order valence-electron chi connectivity index (χ0n) is 16.8. The molecule has 1 saturated heterocycles. The van der Waals surface area contributed by atoms with Gasteiger partial charge in [0.2, 0.25) is 5.91 Å². The summed E-state index contributed by atoms with van der Waals surface area (Å²) < 4.78 is 26.6. The second kappa shape index (κ2) is 9.59. The fourth-order valence-electron chi connectivity index (χ4n) is 4.65. The van der Waals surface area contributed by atoms with Gasteiger partial charge in [-0.2, -0.15) is 0 Å². The predicted molar refractivity (Wildman–Crippen MR) is 115 cm³/mol. The molecule has 0 aromatic heterocycles. The van der Waals surface area contributed by atoms with E-state index in [0.29, 0.717) is 25.9 Å². The first-order chi connectivity index (χ1) is 12.8. The third kappa shape index (κ3) is 4.71. The summed E-state index contributed by atoms with van der Waals surface area (Å²) in [5.74, 6) is -0.443. The van der Waals surface area contributed by atoms with Gasteiger partial charge in [0.25, 0.3) is 0 Å². The molecule has 1 aliphatic carbocycles. The van der Waals surface area contributed by atoms with Crippen LogP contribution in [-0.2, 0) is 14.6 Å². The molecule has 158 valence electrons. The van der Waals surface area contributed by atoms with Crippen LogP contribution >= 0.6 is 12.4 Å². The smallest absolute Gasteiger partial charge is 0.241 e. The van der Waals surface area contributed by atoms with E-state index in [0.717, 1.165) is 24.8 Å². The number of nitrogens with zero attached hydrogens (tertiary/aromatic N) is 1. The van der Waals surface area contributed by atoms with Crippen LogP contribution in [-0.4, -0.2) is 48.9 Å². The molecule has 1 aromatic carbocycles. The van der Waals surface area contributed by atoms with E-state index in [-0.39, 0.29) is 41.4 Å². The van der Waals surface area contributed by atoms with E-state index in [1.54, 1.807) is 4.90 Å². The number of amides is 1. The summed E-state index contributed by atoms with van der Waals surface area (Å²) >= 11 is 0. The number of sulfone groups is 1. The van der Waals surface area contributed by atoms with Crippen molar-refractivity contribution in [3.05, 3.63) is 35.9 Å². The minimum absolute atomic E-state index is 0. The van der Waals surface area contributed by atoms with Crippen molar-refractivity contribution in [2.24, 2.45) is 11.7 Å². The number of carbonyl (C=O) groups is 1. The van der Waals surface area contributed by atoms with Crippen LogP contribution in [0.5, 0.6) is 0 Å². The Labute approximate surface area is 175 Å². The molecule has 1 heterocycles. The average molecular weight is 429 g/mol. The van der Waals surface area contributed by atoms with Crippen molar-refractivity contribution < 1.29 is 13.2 Å². The Kier molecular flexibility index (Phi) is 7.94. The Morgan fingerprint density at radius 2 is 1.68 bits per heavy atom. The van der Waals surface area contributed by atoms with Crippen LogP contribution in [0.25, 0.3) is 0 Å². The lowest BCUT2D eigenvalue weighted by Crippen LogP contribution is -2.48. The van der Waals surface area contributed by atoms with E-state index in [2.05, 4.69) is 0 Å². The third-order valence-electron chi connectivity index (χ3n) is 6.12. The van der Waals surface area contributed by atoms with Gasteiger partial charge in [0.05, 0.1) is 5.25 Å². The standard InChI is InChI=1S/C21H32N2O3S.ClH/c1-15(2)20(27(25,26)17-11-7-4-8-12-17)21(24)23-13-18(19(22)14-23)16-9-5-3-6-10-16;/h3,5-6,9-10,15,17-20H,4,7-8,11-14,22H2,1-2H3;1H/t18-,19+,20?;/m0./s1. The van der Waals surface area contributed by atoms with E-state index in [4.69, 9.17) is 5.73 Å². The van der Waals surface area contributed by atoms with Gasteiger partial charge >= 0.3 is 0 Å². The number of carbonyl (C=O) groups excluding carboxylic acids is 1. The first kappa shape index (κ1) is 23.2. The highest BCUT2D eigenvalue weighted by molar-refractivity contribution is 7.93. The van der Waals surface area contributed by atoms with Gasteiger partial charge < -0.3 is 10.6 Å². The molecule has 7 heteroatoms. The van der Waals surface area contributed by atoms with E-state index in [1.165, 1.54) is 0 Å². The van der Waals surface area contributed by atoms with Crippen molar-refractivity contribution in [1.82, 2.24) is 4.90 Å². The molecule has 1 aliphatic heterocycles. The Balaban J connectivity index is 0.00000280. The molecule has 0 radical (unpaired) electrons. The van der Waals surface area contributed by atoms with Gasteiger partial charge in [0.1, 0.15) is 5.25 Å². The van der Waals surface area contributed by atoms with E-state index < -0.39 is 15.1 Å². The van der Waals surface area contributed by atoms with Gasteiger partial charge in [-0.25, -0.2) is 8.42 Å². The van der Waals surface area contributed by atoms with Gasteiger partial charge in [-0.15, -0.1) is 12.4 Å². The highest BCUT2D eigenvalue weighted by Gasteiger charge is 2.45. The number of rotatable bonds is 5. The Morgan fingerprint density at radius 3 is 2.25 bits per heavy atom. The van der Waals surface area contributed by atoms with Crippen molar-refractivity contribution in [2.75, 3.05) is 13.1 Å². The van der Waals surface area contributed by atoms with Gasteiger partial charge in [0, 0.05) is 25.0 Å². The molecule has 3 rings (SSSR count). The lowest BCUT2D eigenvalue weighted by Gasteiger charge is -2.31. The Bertz CT molecular complexity index is 748. The summed E-state index contributed by atoms with van der Waals surface area (Å²) in [6.45, 7) is 4.59. The topological polar surface area (TPSA) is 80.5 Å². The molecule has 0 bridgehead atoms. The number of hydrogen-bond acceptors (Lipinski definition) is 4. The number of likely N-dealkylation sites (tertiary alicyclic amines) is 1. The SMILES string of the molecule is CC(C)C(C(=O)N1C[C@@H](N)[C@H](c2ccccc2)C1)S(=O)(=O)C1CCCCC1.Cl. The molecule has 1 saturated carbocycles. The second-order valence-electron chi connectivity index (χ2n) is 8.44. The van der Waals surface area contributed by atoms with Crippen LogP contribution in [0.4, 0.5) is 0 Å². The molecule has 1 unspecified atom stereocenters. The molecule has 0 spiro atoms. The van der Waals surface area contributed by atoms with Crippen molar-refractivity contribution in [1.29, 1.82) is 0 Å². The first-order valence-corrected chi connectivity index (χ1v) is 11.8. The fraction of sp³-hybridized carbons (Fsp3) is 0.667. The van der Waals surface area contributed by atoms with Crippen molar-refractivity contribution >= 4 is 28.2 Å². The summed E-state index contributed by atoms with van der Waals surface area (Å²) in [5.41, 5.74) is 7.43. The molecule has 28 heavy (non-hydrogen) atoms. The normalized spacial score (nSPS) is 24.8. The molecule has 3 atom stereocenters. The summed E-state index contributed by atoms with van der Waals surface area (Å²) in [4.78, 5) is 15.0. The predicted octanol–water partition coefficient (Wildman–Crippen LogP) is 3.13. The summed E-state index contributed by atoms with van der Waals surface area (Å²) in [6, 6.07) is 9.78. The van der Waals surface area contributed by atoms with E-state index in [1.807, 2.05) is 44.2 Å². The summed E-state index contributed by atoms with van der Waals surface area (Å²) in [5, 5.41) is -1.33. The molecule has 2 N–H and O–H groups in total. The maximum atomic E-state index is 13.3. The number of benzene rings is 1. The zero-order chi connectivity index (χ0) is 19.6. The molecular formula is C21H33ClN2O3S. The molecule has 5 nitrogen and oxygen atoms in total. The van der Waals surface area contributed by atoms with Crippen molar-refractivity contribution in [3.63, 3.8) is 0 Å². The number of nitrogens with two attached hydrogens (primary N) is 1. The first-order valence-electron chi connectivity index (χ1n) is 10.1. The zero-order valence-corrected chi connectivity index (χ0v) is 18.4. The van der Waals surface area contributed by atoms with Crippen molar-refractivity contribution in [3.8, 4) is 0 Å².